The molecule has 0 aromatic carbocycles. The molecular formula is C17H36N2O. The van der Waals surface area contributed by atoms with Crippen LogP contribution in [0.1, 0.15) is 46.5 Å². The fourth-order valence-electron chi connectivity index (χ4n) is 3.26. The summed E-state index contributed by atoms with van der Waals surface area (Å²) in [6, 6.07) is 0. The van der Waals surface area contributed by atoms with Gasteiger partial charge in [0.05, 0.1) is 0 Å². The van der Waals surface area contributed by atoms with Crippen molar-refractivity contribution in [1.82, 2.24) is 9.80 Å². The molecule has 1 fully saturated rings. The van der Waals surface area contributed by atoms with E-state index in [1.54, 1.807) is 0 Å². The van der Waals surface area contributed by atoms with E-state index in [0.29, 0.717) is 0 Å². The van der Waals surface area contributed by atoms with E-state index >= 15 is 0 Å². The summed E-state index contributed by atoms with van der Waals surface area (Å²) in [5, 5.41) is 0. The first-order chi connectivity index (χ1) is 9.65. The first kappa shape index (κ1) is 17.9. The van der Waals surface area contributed by atoms with E-state index in [2.05, 4.69) is 30.6 Å². The lowest BCUT2D eigenvalue weighted by molar-refractivity contribution is 0.130. The molecule has 0 aromatic heterocycles. The van der Waals surface area contributed by atoms with Gasteiger partial charge in [-0.2, -0.15) is 0 Å². The Morgan fingerprint density at radius 3 is 2.20 bits per heavy atom. The zero-order valence-corrected chi connectivity index (χ0v) is 14.2. The van der Waals surface area contributed by atoms with Crippen LogP contribution in [0.2, 0.25) is 0 Å². The number of ether oxygens (including phenoxy) is 1. The fraction of sp³-hybridized carbons (Fsp3) is 1.00. The van der Waals surface area contributed by atoms with E-state index in [-0.39, 0.29) is 0 Å². The molecule has 0 aliphatic carbocycles. The summed E-state index contributed by atoms with van der Waals surface area (Å²) in [6.45, 7) is 15.4. The van der Waals surface area contributed by atoms with Gasteiger partial charge in [0.15, 0.2) is 0 Å². The van der Waals surface area contributed by atoms with Crippen molar-refractivity contribution in [3.05, 3.63) is 0 Å². The Bertz CT molecular complexity index is 225. The predicted molar refractivity (Wildman–Crippen MR) is 87.2 cm³/mol. The van der Waals surface area contributed by atoms with Gasteiger partial charge in [-0.3, -0.25) is 0 Å². The quantitative estimate of drug-likeness (QED) is 0.613. The Morgan fingerprint density at radius 1 is 1.00 bits per heavy atom. The molecule has 1 atom stereocenters. The monoisotopic (exact) mass is 284 g/mol. The third kappa shape index (κ3) is 7.61. The highest BCUT2D eigenvalue weighted by atomic mass is 16.5. The molecule has 0 saturated carbocycles. The van der Waals surface area contributed by atoms with Crippen LogP contribution in [0.25, 0.3) is 0 Å². The molecule has 20 heavy (non-hydrogen) atoms. The van der Waals surface area contributed by atoms with Crippen LogP contribution in [-0.4, -0.2) is 62.8 Å². The third-order valence-corrected chi connectivity index (χ3v) is 4.53. The van der Waals surface area contributed by atoms with Crippen LogP contribution in [-0.2, 0) is 4.74 Å². The molecule has 1 aliphatic rings. The molecule has 0 bridgehead atoms. The van der Waals surface area contributed by atoms with Crippen molar-refractivity contribution in [2.45, 2.75) is 46.5 Å². The molecule has 0 N–H and O–H groups in total. The molecule has 1 heterocycles. The van der Waals surface area contributed by atoms with Gasteiger partial charge in [-0.1, -0.05) is 20.8 Å². The van der Waals surface area contributed by atoms with E-state index in [1.165, 1.54) is 65.0 Å². The standard InChI is InChI=1S/C17H36N2O/c1-5-18-10-12-19(13-11-18)9-6-7-17(8-14-20-4)15-16(2)3/h16-17H,5-15H2,1-4H3/t17-/m1/s1. The summed E-state index contributed by atoms with van der Waals surface area (Å²) in [5.41, 5.74) is 0. The van der Waals surface area contributed by atoms with Crippen molar-refractivity contribution in [1.29, 1.82) is 0 Å². The van der Waals surface area contributed by atoms with Crippen LogP contribution in [0.4, 0.5) is 0 Å². The minimum absolute atomic E-state index is 0.810. The van der Waals surface area contributed by atoms with E-state index < -0.39 is 0 Å². The highest BCUT2D eigenvalue weighted by Crippen LogP contribution is 2.21. The highest BCUT2D eigenvalue weighted by Gasteiger charge is 2.16. The number of hydrogen-bond acceptors (Lipinski definition) is 3. The largest absolute Gasteiger partial charge is 0.385 e. The number of nitrogens with zero attached hydrogens (tertiary/aromatic N) is 2. The summed E-state index contributed by atoms with van der Waals surface area (Å²) in [4.78, 5) is 5.20. The maximum Gasteiger partial charge on any atom is 0.0464 e. The van der Waals surface area contributed by atoms with Crippen molar-refractivity contribution in [3.8, 4) is 0 Å². The van der Waals surface area contributed by atoms with Crippen LogP contribution in [0, 0.1) is 11.8 Å². The van der Waals surface area contributed by atoms with Crippen LogP contribution in [0.3, 0.4) is 0 Å². The van der Waals surface area contributed by atoms with Gasteiger partial charge < -0.3 is 14.5 Å². The molecule has 0 spiro atoms. The van der Waals surface area contributed by atoms with Gasteiger partial charge >= 0.3 is 0 Å². The zero-order chi connectivity index (χ0) is 14.8. The van der Waals surface area contributed by atoms with Crippen molar-refractivity contribution < 1.29 is 4.74 Å². The average Bonchev–Trinajstić information content (AvgIpc) is 2.44. The van der Waals surface area contributed by atoms with Gasteiger partial charge in [0.1, 0.15) is 0 Å². The Morgan fingerprint density at radius 2 is 1.65 bits per heavy atom. The third-order valence-electron chi connectivity index (χ3n) is 4.53. The fourth-order valence-corrected chi connectivity index (χ4v) is 3.26. The second-order valence-corrected chi connectivity index (χ2v) is 6.70. The SMILES string of the molecule is CCN1CCN(CCC[C@H](CCOC)CC(C)C)CC1. The van der Waals surface area contributed by atoms with Crippen molar-refractivity contribution >= 4 is 0 Å². The topological polar surface area (TPSA) is 15.7 Å². The van der Waals surface area contributed by atoms with Gasteiger partial charge in [0.25, 0.3) is 0 Å². The summed E-state index contributed by atoms with van der Waals surface area (Å²) in [6.07, 6.45) is 5.31. The molecule has 120 valence electrons. The van der Waals surface area contributed by atoms with Crippen LogP contribution in [0.15, 0.2) is 0 Å². The lowest BCUT2D eigenvalue weighted by Crippen LogP contribution is -2.46. The summed E-state index contributed by atoms with van der Waals surface area (Å²) >= 11 is 0. The van der Waals surface area contributed by atoms with Gasteiger partial charge in [0, 0.05) is 39.9 Å². The molecular weight excluding hydrogens is 248 g/mol. The van der Waals surface area contributed by atoms with Crippen molar-refractivity contribution in [2.75, 3.05) is 53.0 Å². The summed E-state index contributed by atoms with van der Waals surface area (Å²) < 4.78 is 5.26. The number of rotatable bonds is 10. The second-order valence-electron chi connectivity index (χ2n) is 6.70. The molecule has 0 unspecified atom stereocenters. The molecule has 3 heteroatoms. The number of methoxy groups -OCH3 is 1. The van der Waals surface area contributed by atoms with E-state index in [9.17, 15) is 0 Å². The van der Waals surface area contributed by atoms with Gasteiger partial charge in [-0.05, 0) is 50.6 Å². The summed E-state index contributed by atoms with van der Waals surface area (Å²) in [7, 11) is 1.82. The Labute approximate surface area is 126 Å². The maximum absolute atomic E-state index is 5.26. The van der Waals surface area contributed by atoms with Gasteiger partial charge in [-0.15, -0.1) is 0 Å². The molecule has 0 radical (unpaired) electrons. The zero-order valence-electron chi connectivity index (χ0n) is 14.2. The lowest BCUT2D eigenvalue weighted by Gasteiger charge is -2.34. The Hall–Kier alpha value is -0.120. The molecule has 3 nitrogen and oxygen atoms in total. The van der Waals surface area contributed by atoms with Crippen LogP contribution in [0.5, 0.6) is 0 Å². The highest BCUT2D eigenvalue weighted by molar-refractivity contribution is 4.71. The average molecular weight is 284 g/mol. The minimum Gasteiger partial charge on any atom is -0.385 e. The van der Waals surface area contributed by atoms with Crippen molar-refractivity contribution in [3.63, 3.8) is 0 Å². The molecule has 1 aliphatic heterocycles. The number of likely N-dealkylation sites (N-methyl/N-ethyl adjacent to an activating group) is 1. The molecule has 1 saturated heterocycles. The normalized spacial score (nSPS) is 19.6. The minimum atomic E-state index is 0.810. The van der Waals surface area contributed by atoms with E-state index in [0.717, 1.165) is 18.4 Å². The van der Waals surface area contributed by atoms with Crippen molar-refractivity contribution in [2.24, 2.45) is 11.8 Å². The van der Waals surface area contributed by atoms with Gasteiger partial charge in [0.2, 0.25) is 0 Å². The second kappa shape index (κ2) is 10.6. The Balaban J connectivity index is 2.16. The van der Waals surface area contributed by atoms with Crippen LogP contribution >= 0.6 is 0 Å². The molecule has 0 aromatic rings. The first-order valence-electron chi connectivity index (χ1n) is 8.59. The lowest BCUT2D eigenvalue weighted by atomic mass is 9.90. The summed E-state index contributed by atoms with van der Waals surface area (Å²) in [5.74, 6) is 1.66. The smallest absolute Gasteiger partial charge is 0.0464 e. The number of piperazine rings is 1. The van der Waals surface area contributed by atoms with Gasteiger partial charge in [-0.25, -0.2) is 0 Å². The van der Waals surface area contributed by atoms with Crippen LogP contribution < -0.4 is 0 Å². The number of hydrogen-bond donors (Lipinski definition) is 0. The van der Waals surface area contributed by atoms with E-state index in [4.69, 9.17) is 4.74 Å². The maximum atomic E-state index is 5.26. The molecule has 1 rings (SSSR count). The van der Waals surface area contributed by atoms with E-state index in [1.807, 2.05) is 7.11 Å². The molecule has 0 amide bonds. The first-order valence-corrected chi connectivity index (χ1v) is 8.59. The predicted octanol–water partition coefficient (Wildman–Crippen LogP) is 3.10. The Kier molecular flexibility index (Phi) is 9.49.